The number of amides is 2. The molecule has 0 radical (unpaired) electrons. The number of anilines is 1. The number of hydrogen-bond donors (Lipinski definition) is 1. The second-order valence-electron chi connectivity index (χ2n) is 8.61. The zero-order chi connectivity index (χ0) is 25.9. The van der Waals surface area contributed by atoms with Crippen molar-refractivity contribution in [3.63, 3.8) is 0 Å². The maximum Gasteiger partial charge on any atom is 0.414 e. The van der Waals surface area contributed by atoms with Gasteiger partial charge in [0.05, 0.1) is 25.4 Å². The van der Waals surface area contributed by atoms with E-state index >= 15 is 0 Å². The monoisotopic (exact) mass is 508 g/mol. The Morgan fingerprint density at radius 3 is 2.73 bits per heavy atom. The number of fused-ring (bicyclic) bond motifs is 1. The quantitative estimate of drug-likeness (QED) is 0.522. The average molecular weight is 509 g/mol. The first-order valence-corrected chi connectivity index (χ1v) is 11.9. The molecule has 1 aromatic heterocycles. The Morgan fingerprint density at radius 2 is 1.97 bits per heavy atom. The standard InChI is InChI=1S/C26H25FN4O6/c1-16-23-29-21(22(25(33)31(23)10-11-35-16)37-15-17-5-3-2-4-6-17)24(32)28-14-18-7-8-19(27)13-20(18)30-9-12-36-26(30)34/h2-8,13,16H,9-12,14-15H2,1H3,(H,28,32). The molecule has 2 aromatic carbocycles. The van der Waals surface area contributed by atoms with E-state index in [-0.39, 0.29) is 37.7 Å². The number of benzene rings is 2. The summed E-state index contributed by atoms with van der Waals surface area (Å²) in [5, 5.41) is 2.73. The van der Waals surface area contributed by atoms with Gasteiger partial charge in [-0.05, 0) is 30.2 Å². The Hall–Kier alpha value is -4.25. The van der Waals surface area contributed by atoms with Gasteiger partial charge in [-0.15, -0.1) is 0 Å². The summed E-state index contributed by atoms with van der Waals surface area (Å²) in [6.45, 7) is 2.86. The van der Waals surface area contributed by atoms with Crippen LogP contribution in [-0.2, 0) is 29.2 Å². The van der Waals surface area contributed by atoms with Gasteiger partial charge in [0.1, 0.15) is 31.0 Å². The third-order valence-electron chi connectivity index (χ3n) is 6.18. The summed E-state index contributed by atoms with van der Waals surface area (Å²) in [5.41, 5.74) is 0.967. The molecule has 0 spiro atoms. The number of nitrogens with one attached hydrogen (secondary N) is 1. The summed E-state index contributed by atoms with van der Waals surface area (Å²) in [6, 6.07) is 13.2. The maximum absolute atomic E-state index is 14.0. The molecule has 2 aliphatic heterocycles. The van der Waals surface area contributed by atoms with Crippen LogP contribution in [0.3, 0.4) is 0 Å². The molecule has 5 rings (SSSR count). The molecule has 1 unspecified atom stereocenters. The highest BCUT2D eigenvalue weighted by molar-refractivity contribution is 5.95. The van der Waals surface area contributed by atoms with Crippen molar-refractivity contribution in [2.24, 2.45) is 0 Å². The average Bonchev–Trinajstić information content (AvgIpc) is 3.33. The molecule has 0 saturated carbocycles. The fraction of sp³-hybridized carbons (Fsp3) is 0.308. The van der Waals surface area contributed by atoms with Crippen LogP contribution >= 0.6 is 0 Å². The molecule has 3 heterocycles. The van der Waals surface area contributed by atoms with Crippen molar-refractivity contribution in [2.75, 3.05) is 24.7 Å². The molecule has 1 atom stereocenters. The summed E-state index contributed by atoms with van der Waals surface area (Å²) in [5.74, 6) is -1.02. The lowest BCUT2D eigenvalue weighted by atomic mass is 10.1. The lowest BCUT2D eigenvalue weighted by Crippen LogP contribution is -2.37. The minimum absolute atomic E-state index is 0.0531. The molecule has 0 aliphatic carbocycles. The van der Waals surface area contributed by atoms with Gasteiger partial charge >= 0.3 is 6.09 Å². The summed E-state index contributed by atoms with van der Waals surface area (Å²) >= 11 is 0. The van der Waals surface area contributed by atoms with Crippen LogP contribution in [0.2, 0.25) is 0 Å². The van der Waals surface area contributed by atoms with Gasteiger partial charge in [-0.3, -0.25) is 19.1 Å². The van der Waals surface area contributed by atoms with Gasteiger partial charge < -0.3 is 19.5 Å². The number of cyclic esters (lactones) is 1. The Balaban J connectivity index is 1.44. The summed E-state index contributed by atoms with van der Waals surface area (Å²) < 4.78 is 31.8. The third kappa shape index (κ3) is 5.03. The number of carbonyl (C=O) groups excluding carboxylic acids is 2. The smallest absolute Gasteiger partial charge is 0.414 e. The minimum Gasteiger partial charge on any atom is -0.481 e. The van der Waals surface area contributed by atoms with Gasteiger partial charge in [-0.1, -0.05) is 36.4 Å². The Morgan fingerprint density at radius 1 is 1.16 bits per heavy atom. The second kappa shape index (κ2) is 10.4. The predicted octanol–water partition coefficient (Wildman–Crippen LogP) is 2.94. The zero-order valence-electron chi connectivity index (χ0n) is 20.1. The number of halogens is 1. The van der Waals surface area contributed by atoms with Crippen molar-refractivity contribution < 1.29 is 28.2 Å². The lowest BCUT2D eigenvalue weighted by Gasteiger charge is -2.25. The molecule has 192 valence electrons. The number of ether oxygens (including phenoxy) is 3. The number of aromatic nitrogens is 2. The summed E-state index contributed by atoms with van der Waals surface area (Å²) in [7, 11) is 0. The minimum atomic E-state index is -0.652. The van der Waals surface area contributed by atoms with Crippen molar-refractivity contribution in [1.82, 2.24) is 14.9 Å². The van der Waals surface area contributed by atoms with E-state index in [4.69, 9.17) is 14.2 Å². The van der Waals surface area contributed by atoms with Gasteiger partial charge in [-0.2, -0.15) is 0 Å². The Bertz CT molecular complexity index is 1390. The third-order valence-corrected chi connectivity index (χ3v) is 6.18. The van der Waals surface area contributed by atoms with Crippen LogP contribution in [0.5, 0.6) is 5.75 Å². The van der Waals surface area contributed by atoms with Gasteiger partial charge in [0.15, 0.2) is 5.69 Å². The van der Waals surface area contributed by atoms with Crippen LogP contribution in [0.1, 0.15) is 40.5 Å². The molecule has 3 aromatic rings. The van der Waals surface area contributed by atoms with E-state index in [1.807, 2.05) is 30.3 Å². The molecule has 2 aliphatic rings. The van der Waals surface area contributed by atoms with Crippen LogP contribution in [-0.4, -0.2) is 41.3 Å². The largest absolute Gasteiger partial charge is 0.481 e. The van der Waals surface area contributed by atoms with E-state index in [9.17, 15) is 18.8 Å². The van der Waals surface area contributed by atoms with Gasteiger partial charge in [-0.25, -0.2) is 14.2 Å². The van der Waals surface area contributed by atoms with Crippen LogP contribution in [0.4, 0.5) is 14.9 Å². The fourth-order valence-corrected chi connectivity index (χ4v) is 4.30. The van der Waals surface area contributed by atoms with E-state index in [2.05, 4.69) is 10.3 Å². The highest BCUT2D eigenvalue weighted by atomic mass is 19.1. The van der Waals surface area contributed by atoms with Gasteiger partial charge in [0.2, 0.25) is 5.75 Å². The number of carbonyl (C=O) groups is 2. The second-order valence-corrected chi connectivity index (χ2v) is 8.61. The van der Waals surface area contributed by atoms with Crippen LogP contribution in [0, 0.1) is 5.82 Å². The summed E-state index contributed by atoms with van der Waals surface area (Å²) in [4.78, 5) is 44.5. The highest BCUT2D eigenvalue weighted by Gasteiger charge is 2.29. The molecule has 1 saturated heterocycles. The normalized spacial score (nSPS) is 16.8. The first-order valence-electron chi connectivity index (χ1n) is 11.9. The van der Waals surface area contributed by atoms with Gasteiger partial charge in [0, 0.05) is 6.54 Å². The lowest BCUT2D eigenvalue weighted by molar-refractivity contribution is 0.0254. The molecule has 37 heavy (non-hydrogen) atoms. The molecule has 11 heteroatoms. The van der Waals surface area contributed by atoms with E-state index < -0.39 is 29.5 Å². The van der Waals surface area contributed by atoms with E-state index in [1.165, 1.54) is 27.7 Å². The van der Waals surface area contributed by atoms with Crippen LogP contribution in [0.15, 0.2) is 53.3 Å². The topological polar surface area (TPSA) is 112 Å². The predicted molar refractivity (Wildman–Crippen MR) is 130 cm³/mol. The van der Waals surface area contributed by atoms with Crippen molar-refractivity contribution in [2.45, 2.75) is 32.7 Å². The van der Waals surface area contributed by atoms with E-state index in [0.717, 1.165) is 5.56 Å². The van der Waals surface area contributed by atoms with Crippen molar-refractivity contribution in [1.29, 1.82) is 0 Å². The van der Waals surface area contributed by atoms with Gasteiger partial charge in [0.25, 0.3) is 11.5 Å². The molecule has 1 fully saturated rings. The molecule has 2 amide bonds. The zero-order valence-corrected chi connectivity index (χ0v) is 20.1. The first kappa shape index (κ1) is 24.4. The van der Waals surface area contributed by atoms with E-state index in [1.54, 1.807) is 6.92 Å². The van der Waals surface area contributed by atoms with E-state index in [0.29, 0.717) is 30.2 Å². The van der Waals surface area contributed by atoms with Crippen molar-refractivity contribution in [3.8, 4) is 5.75 Å². The SMILES string of the molecule is CC1OCCn2c1nc(C(=O)NCc1ccc(F)cc1N1CCOC1=O)c(OCc1ccccc1)c2=O. The molecule has 1 N–H and O–H groups in total. The van der Waals surface area contributed by atoms with Crippen LogP contribution < -0.4 is 20.5 Å². The molecule has 10 nitrogen and oxygen atoms in total. The first-order chi connectivity index (χ1) is 17.9. The number of nitrogens with zero attached hydrogens (tertiary/aromatic N) is 3. The van der Waals surface area contributed by atoms with Crippen molar-refractivity contribution in [3.05, 3.63) is 87.3 Å². The summed E-state index contributed by atoms with van der Waals surface area (Å²) in [6.07, 6.45) is -1.07. The number of hydrogen-bond acceptors (Lipinski definition) is 7. The Kier molecular flexibility index (Phi) is 6.87. The van der Waals surface area contributed by atoms with Crippen LogP contribution in [0.25, 0.3) is 0 Å². The maximum atomic E-state index is 14.0. The fourth-order valence-electron chi connectivity index (χ4n) is 4.30. The molecule has 0 bridgehead atoms. The highest BCUT2D eigenvalue weighted by Crippen LogP contribution is 2.26. The number of rotatable bonds is 7. The Labute approximate surface area is 211 Å². The van der Waals surface area contributed by atoms with Crippen molar-refractivity contribution >= 4 is 17.7 Å². The molecular weight excluding hydrogens is 483 g/mol. The molecular formula is C26H25FN4O6.